The van der Waals surface area contributed by atoms with Gasteiger partial charge in [-0.2, -0.15) is 4.99 Å². The van der Waals surface area contributed by atoms with Crippen LogP contribution in [0.5, 0.6) is 5.75 Å². The molecule has 0 unspecified atom stereocenters. The molecule has 0 aliphatic carbocycles. The number of amides is 1. The minimum atomic E-state index is -1.14. The zero-order valence-corrected chi connectivity index (χ0v) is 13.9. The van der Waals surface area contributed by atoms with Crippen molar-refractivity contribution in [1.82, 2.24) is 0 Å². The van der Waals surface area contributed by atoms with Crippen LogP contribution in [-0.4, -0.2) is 37.2 Å². The van der Waals surface area contributed by atoms with Crippen LogP contribution in [0, 0.1) is 6.92 Å². The Hall–Kier alpha value is -3.44. The maximum absolute atomic E-state index is 12.9. The van der Waals surface area contributed by atoms with Crippen LogP contribution in [0.1, 0.15) is 26.3 Å². The highest BCUT2D eigenvalue weighted by Crippen LogP contribution is 2.33. The first-order valence-corrected chi connectivity index (χ1v) is 7.27. The van der Waals surface area contributed by atoms with E-state index >= 15 is 0 Å². The topological polar surface area (TPSA) is 96.3 Å². The molecule has 0 aliphatic rings. The molecule has 0 aliphatic heterocycles. The van der Waals surface area contributed by atoms with E-state index in [0.717, 1.165) is 5.56 Å². The Balaban J connectivity index is 2.56. The number of rotatable bonds is 5. The van der Waals surface area contributed by atoms with Crippen LogP contribution < -0.4 is 9.64 Å². The Morgan fingerprint density at radius 2 is 1.92 bits per heavy atom. The first kappa shape index (κ1) is 17.9. The molecule has 2 aromatic carbocycles. The number of aliphatic imine (C=N–C) groups is 1. The van der Waals surface area contributed by atoms with Gasteiger partial charge in [0.15, 0.2) is 0 Å². The molecule has 7 nitrogen and oxygen atoms in total. The second kappa shape index (κ2) is 7.42. The summed E-state index contributed by atoms with van der Waals surface area (Å²) >= 11 is 0. The fourth-order valence-electron chi connectivity index (χ4n) is 2.42. The van der Waals surface area contributed by atoms with Crippen LogP contribution >= 0.6 is 0 Å². The first-order valence-electron chi connectivity index (χ1n) is 7.27. The van der Waals surface area contributed by atoms with E-state index in [-0.39, 0.29) is 28.3 Å². The summed E-state index contributed by atoms with van der Waals surface area (Å²) in [6, 6.07) is 9.36. The van der Waals surface area contributed by atoms with Gasteiger partial charge >= 0.3 is 5.97 Å². The number of aryl methyl sites for hydroxylation is 1. The molecule has 1 amide bonds. The molecule has 1 N–H and O–H groups in total. The van der Waals surface area contributed by atoms with Crippen LogP contribution in [0.3, 0.4) is 0 Å². The number of benzene rings is 2. The minimum absolute atomic E-state index is 0.000755. The van der Waals surface area contributed by atoms with Gasteiger partial charge in [0.1, 0.15) is 11.4 Å². The Bertz CT molecular complexity index is 885. The number of nitrogens with zero attached hydrogens (tertiary/aromatic N) is 2. The minimum Gasteiger partial charge on any atom is -0.494 e. The Morgan fingerprint density at radius 1 is 1.20 bits per heavy atom. The predicted octanol–water partition coefficient (Wildman–Crippen LogP) is 2.95. The lowest BCUT2D eigenvalue weighted by atomic mass is 10.1. The summed E-state index contributed by atoms with van der Waals surface area (Å²) in [5.74, 6) is -1.43. The molecule has 0 radical (unpaired) electrons. The number of hydrogen-bond donors (Lipinski definition) is 1. The number of carbonyl (C=O) groups excluding carboxylic acids is 2. The number of methoxy groups -OCH3 is 1. The fourth-order valence-corrected chi connectivity index (χ4v) is 2.42. The van der Waals surface area contributed by atoms with E-state index in [1.807, 2.05) is 0 Å². The zero-order valence-electron chi connectivity index (χ0n) is 13.9. The molecule has 0 bridgehead atoms. The van der Waals surface area contributed by atoms with Crippen LogP contribution in [0.15, 0.2) is 41.4 Å². The van der Waals surface area contributed by atoms with Crippen molar-refractivity contribution in [3.8, 4) is 5.75 Å². The lowest BCUT2D eigenvalue weighted by Gasteiger charge is -2.21. The van der Waals surface area contributed by atoms with Crippen molar-refractivity contribution < 1.29 is 24.2 Å². The molecule has 0 spiro atoms. The lowest BCUT2D eigenvalue weighted by molar-refractivity contribution is 0.0697. The third kappa shape index (κ3) is 3.57. The largest absolute Gasteiger partial charge is 0.494 e. The highest BCUT2D eigenvalue weighted by Gasteiger charge is 2.23. The molecule has 7 heteroatoms. The van der Waals surface area contributed by atoms with Gasteiger partial charge in [-0.3, -0.25) is 4.79 Å². The third-order valence-electron chi connectivity index (χ3n) is 3.66. The number of isocyanates is 1. The van der Waals surface area contributed by atoms with Crippen molar-refractivity contribution in [3.05, 3.63) is 53.1 Å². The third-order valence-corrected chi connectivity index (χ3v) is 3.66. The SMILES string of the molecule is COc1cccc(C(=O)N(C)c2ccc(C)cc2C(=O)O)c1N=C=O. The molecule has 25 heavy (non-hydrogen) atoms. The first-order chi connectivity index (χ1) is 11.9. The number of aromatic carboxylic acids is 1. The number of carboxylic acids is 1. The van der Waals surface area contributed by atoms with Crippen LogP contribution in [0.2, 0.25) is 0 Å². The summed E-state index contributed by atoms with van der Waals surface area (Å²) in [5.41, 5.74) is 1.13. The molecule has 128 valence electrons. The van der Waals surface area contributed by atoms with Gasteiger partial charge in [-0.05, 0) is 31.2 Å². The Morgan fingerprint density at radius 3 is 2.52 bits per heavy atom. The number of anilines is 1. The van der Waals surface area contributed by atoms with Crippen molar-refractivity contribution >= 4 is 29.3 Å². The van der Waals surface area contributed by atoms with E-state index in [1.54, 1.807) is 31.2 Å². The highest BCUT2D eigenvalue weighted by atomic mass is 16.5. The Labute approximate surface area is 144 Å². The maximum Gasteiger partial charge on any atom is 0.337 e. The second-order valence-electron chi connectivity index (χ2n) is 5.25. The summed E-state index contributed by atoms with van der Waals surface area (Å²) in [6.07, 6.45) is 1.40. The number of ether oxygens (including phenoxy) is 1. The quantitative estimate of drug-likeness (QED) is 0.667. The summed E-state index contributed by atoms with van der Waals surface area (Å²) in [5, 5.41) is 9.38. The van der Waals surface area contributed by atoms with Crippen molar-refractivity contribution in [2.24, 2.45) is 4.99 Å². The highest BCUT2D eigenvalue weighted by molar-refractivity contribution is 6.12. The summed E-state index contributed by atoms with van der Waals surface area (Å²) in [4.78, 5) is 39.8. The van der Waals surface area contributed by atoms with E-state index in [2.05, 4.69) is 4.99 Å². The van der Waals surface area contributed by atoms with Crippen LogP contribution in [-0.2, 0) is 4.79 Å². The zero-order chi connectivity index (χ0) is 18.6. The van der Waals surface area contributed by atoms with E-state index in [0.29, 0.717) is 0 Å². The standard InChI is InChI=1S/C18H16N2O5/c1-11-7-8-14(13(9-11)18(23)24)20(2)17(22)12-5-4-6-15(25-3)16(12)19-10-21/h4-9H,1-3H3,(H,23,24). The Kier molecular flexibility index (Phi) is 5.31. The van der Waals surface area contributed by atoms with E-state index < -0.39 is 11.9 Å². The molecule has 0 saturated heterocycles. The van der Waals surface area contributed by atoms with Crippen molar-refractivity contribution in [3.63, 3.8) is 0 Å². The molecule has 0 aromatic heterocycles. The van der Waals surface area contributed by atoms with E-state index in [1.165, 1.54) is 37.3 Å². The molecule has 0 heterocycles. The van der Waals surface area contributed by atoms with E-state index in [4.69, 9.17) is 4.74 Å². The summed E-state index contributed by atoms with van der Waals surface area (Å²) < 4.78 is 5.11. The van der Waals surface area contributed by atoms with E-state index in [9.17, 15) is 19.5 Å². The van der Waals surface area contributed by atoms with Gasteiger partial charge in [-0.15, -0.1) is 0 Å². The average molecular weight is 340 g/mol. The van der Waals surface area contributed by atoms with Crippen LogP contribution in [0.25, 0.3) is 0 Å². The summed E-state index contributed by atoms with van der Waals surface area (Å²) in [6.45, 7) is 1.76. The lowest BCUT2D eigenvalue weighted by Crippen LogP contribution is -2.28. The predicted molar refractivity (Wildman–Crippen MR) is 91.6 cm³/mol. The van der Waals surface area contributed by atoms with Gasteiger partial charge in [-0.1, -0.05) is 17.7 Å². The van der Waals surface area contributed by atoms with Gasteiger partial charge < -0.3 is 14.7 Å². The van der Waals surface area contributed by atoms with Gasteiger partial charge in [0.05, 0.1) is 23.9 Å². The second-order valence-corrected chi connectivity index (χ2v) is 5.25. The molecule has 0 fully saturated rings. The van der Waals surface area contributed by atoms with Crippen molar-refractivity contribution in [2.45, 2.75) is 6.92 Å². The van der Waals surface area contributed by atoms with Crippen LogP contribution in [0.4, 0.5) is 11.4 Å². The monoisotopic (exact) mass is 340 g/mol. The van der Waals surface area contributed by atoms with Gasteiger partial charge in [0.25, 0.3) is 5.91 Å². The van der Waals surface area contributed by atoms with Crippen molar-refractivity contribution in [2.75, 3.05) is 19.1 Å². The maximum atomic E-state index is 12.9. The normalized spacial score (nSPS) is 9.88. The van der Waals surface area contributed by atoms with Crippen molar-refractivity contribution in [1.29, 1.82) is 0 Å². The fraction of sp³-hybridized carbons (Fsp3) is 0.167. The number of carboxylic acid groups (broad SMARTS) is 1. The molecular weight excluding hydrogens is 324 g/mol. The van der Waals surface area contributed by atoms with Gasteiger partial charge in [0, 0.05) is 7.05 Å². The summed E-state index contributed by atoms with van der Waals surface area (Å²) in [7, 11) is 2.84. The molecule has 0 atom stereocenters. The van der Waals surface area contributed by atoms with Gasteiger partial charge in [-0.25, -0.2) is 9.59 Å². The molecular formula is C18H16N2O5. The van der Waals surface area contributed by atoms with Gasteiger partial charge in [0.2, 0.25) is 6.08 Å². The molecule has 0 saturated carbocycles. The smallest absolute Gasteiger partial charge is 0.337 e. The number of para-hydroxylation sites is 1. The number of hydrogen-bond acceptors (Lipinski definition) is 5. The number of carbonyl (C=O) groups is 2. The molecule has 2 aromatic rings. The molecule has 2 rings (SSSR count). The average Bonchev–Trinajstić information content (AvgIpc) is 2.60.